The lowest BCUT2D eigenvalue weighted by molar-refractivity contribution is -0.141. The average Bonchev–Trinajstić information content (AvgIpc) is 2.66. The van der Waals surface area contributed by atoms with Gasteiger partial charge in [0, 0.05) is 11.2 Å². The van der Waals surface area contributed by atoms with Gasteiger partial charge >= 0.3 is 6.18 Å². The molecule has 0 saturated carbocycles. The molecule has 6 nitrogen and oxygen atoms in total. The molecule has 3 rings (SSSR count). The first-order chi connectivity index (χ1) is 13.3. The molecule has 0 bridgehead atoms. The van der Waals surface area contributed by atoms with Crippen LogP contribution < -0.4 is 10.9 Å². The number of hydrogen-bond donors (Lipinski definition) is 2. The Hall–Kier alpha value is -3.20. The SMILES string of the molecule is O=C(NC(c1ccc(Cl)cc1)c1ccncn1)c1ccc(C(F)(F)F)[nH]c1=O. The maximum absolute atomic E-state index is 12.7. The molecule has 2 heterocycles. The van der Waals surface area contributed by atoms with Crippen LogP contribution in [0.1, 0.15) is 33.4 Å². The van der Waals surface area contributed by atoms with E-state index in [0.717, 1.165) is 6.07 Å². The highest BCUT2D eigenvalue weighted by Gasteiger charge is 2.32. The van der Waals surface area contributed by atoms with Crippen LogP contribution >= 0.6 is 11.6 Å². The summed E-state index contributed by atoms with van der Waals surface area (Å²) >= 11 is 5.89. The fraction of sp³-hybridized carbons (Fsp3) is 0.111. The predicted octanol–water partition coefficient (Wildman–Crippen LogP) is 3.36. The molecule has 0 saturated heterocycles. The van der Waals surface area contributed by atoms with Crippen LogP contribution in [0.3, 0.4) is 0 Å². The Morgan fingerprint density at radius 1 is 1.11 bits per heavy atom. The summed E-state index contributed by atoms with van der Waals surface area (Å²) < 4.78 is 38.1. The van der Waals surface area contributed by atoms with E-state index in [4.69, 9.17) is 11.6 Å². The molecule has 0 radical (unpaired) electrons. The summed E-state index contributed by atoms with van der Waals surface area (Å²) in [5.41, 5.74) is -1.81. The number of aromatic amines is 1. The van der Waals surface area contributed by atoms with Gasteiger partial charge in [0.1, 0.15) is 17.6 Å². The number of amides is 1. The number of hydrogen-bond acceptors (Lipinski definition) is 4. The van der Waals surface area contributed by atoms with Crippen molar-refractivity contribution in [1.82, 2.24) is 20.3 Å². The van der Waals surface area contributed by atoms with Crippen molar-refractivity contribution in [3.05, 3.63) is 92.9 Å². The zero-order valence-electron chi connectivity index (χ0n) is 14.0. The van der Waals surface area contributed by atoms with Crippen LogP contribution in [0.2, 0.25) is 5.02 Å². The minimum atomic E-state index is -4.72. The van der Waals surface area contributed by atoms with E-state index in [-0.39, 0.29) is 0 Å². The summed E-state index contributed by atoms with van der Waals surface area (Å²) in [6.07, 6.45) is -1.96. The number of carbonyl (C=O) groups is 1. The summed E-state index contributed by atoms with van der Waals surface area (Å²) in [5.74, 6) is -0.853. The van der Waals surface area contributed by atoms with Crippen molar-refractivity contribution >= 4 is 17.5 Å². The first-order valence-corrected chi connectivity index (χ1v) is 8.26. The van der Waals surface area contributed by atoms with Crippen LogP contribution in [0.5, 0.6) is 0 Å². The molecule has 3 aromatic rings. The van der Waals surface area contributed by atoms with Crippen LogP contribution in [0.15, 0.2) is 59.8 Å². The van der Waals surface area contributed by atoms with E-state index in [9.17, 15) is 22.8 Å². The summed E-state index contributed by atoms with van der Waals surface area (Å²) in [6, 6.07) is 8.81. The maximum atomic E-state index is 12.7. The highest BCUT2D eigenvalue weighted by atomic mass is 35.5. The van der Waals surface area contributed by atoms with E-state index in [1.165, 1.54) is 12.5 Å². The first-order valence-electron chi connectivity index (χ1n) is 7.88. The van der Waals surface area contributed by atoms with Gasteiger partial charge in [0.15, 0.2) is 0 Å². The van der Waals surface area contributed by atoms with Crippen LogP contribution in [-0.2, 0) is 6.18 Å². The molecular formula is C18H12ClF3N4O2. The summed E-state index contributed by atoms with van der Waals surface area (Å²) in [6.45, 7) is 0. The number of H-pyrrole nitrogens is 1. The lowest BCUT2D eigenvalue weighted by atomic mass is 10.0. The van der Waals surface area contributed by atoms with E-state index in [2.05, 4.69) is 15.3 Å². The Balaban J connectivity index is 1.94. The highest BCUT2D eigenvalue weighted by Crippen LogP contribution is 2.27. The molecule has 0 spiro atoms. The number of alkyl halides is 3. The fourth-order valence-corrected chi connectivity index (χ4v) is 2.61. The van der Waals surface area contributed by atoms with Gasteiger partial charge in [-0.25, -0.2) is 9.97 Å². The standard InChI is InChI=1S/C18H12ClF3N4O2/c19-11-3-1-10(2-4-11)15(13-7-8-23-9-24-13)26-17(28)12-5-6-14(18(20,21)22)25-16(12)27/h1-9,15H,(H,25,27)(H,26,28). The molecule has 0 fully saturated rings. The van der Waals surface area contributed by atoms with Gasteiger partial charge in [0.05, 0.1) is 11.7 Å². The van der Waals surface area contributed by atoms with Gasteiger partial charge in [-0.15, -0.1) is 0 Å². The summed E-state index contributed by atoms with van der Waals surface area (Å²) in [4.78, 5) is 34.1. The van der Waals surface area contributed by atoms with Crippen LogP contribution in [0.25, 0.3) is 0 Å². The Kier molecular flexibility index (Phi) is 5.46. The number of nitrogens with one attached hydrogen (secondary N) is 2. The molecule has 2 aromatic heterocycles. The lowest BCUT2D eigenvalue weighted by Crippen LogP contribution is -2.34. The second-order valence-electron chi connectivity index (χ2n) is 5.70. The normalized spacial score (nSPS) is 12.4. The van der Waals surface area contributed by atoms with Crippen molar-refractivity contribution in [3.63, 3.8) is 0 Å². The lowest BCUT2D eigenvalue weighted by Gasteiger charge is -2.19. The Morgan fingerprint density at radius 3 is 2.39 bits per heavy atom. The number of pyridine rings is 1. The topological polar surface area (TPSA) is 87.7 Å². The van der Waals surface area contributed by atoms with Crippen LogP contribution in [0, 0.1) is 0 Å². The van der Waals surface area contributed by atoms with E-state index in [1.54, 1.807) is 35.3 Å². The number of benzene rings is 1. The Labute approximate surface area is 161 Å². The molecule has 0 aliphatic heterocycles. The quantitative estimate of drug-likeness (QED) is 0.693. The molecule has 1 aromatic carbocycles. The fourth-order valence-electron chi connectivity index (χ4n) is 2.48. The van der Waals surface area contributed by atoms with Crippen molar-refractivity contribution in [2.24, 2.45) is 0 Å². The van der Waals surface area contributed by atoms with Crippen LogP contribution in [0.4, 0.5) is 13.2 Å². The highest BCUT2D eigenvalue weighted by molar-refractivity contribution is 6.30. The molecule has 1 unspecified atom stereocenters. The largest absolute Gasteiger partial charge is 0.431 e. The molecule has 10 heteroatoms. The van der Waals surface area contributed by atoms with Gasteiger partial charge in [-0.05, 0) is 35.9 Å². The second kappa shape index (κ2) is 7.81. The minimum absolute atomic E-state index is 0.425. The average molecular weight is 409 g/mol. The van der Waals surface area contributed by atoms with Gasteiger partial charge in [0.25, 0.3) is 11.5 Å². The number of aromatic nitrogens is 3. The van der Waals surface area contributed by atoms with Crippen LogP contribution in [-0.4, -0.2) is 20.9 Å². The van der Waals surface area contributed by atoms with Gasteiger partial charge < -0.3 is 10.3 Å². The third kappa shape index (κ3) is 4.37. The summed E-state index contributed by atoms with van der Waals surface area (Å²) in [7, 11) is 0. The van der Waals surface area contributed by atoms with Gasteiger partial charge in [-0.1, -0.05) is 23.7 Å². The molecular weight excluding hydrogens is 397 g/mol. The van der Waals surface area contributed by atoms with Crippen molar-refractivity contribution in [2.45, 2.75) is 12.2 Å². The van der Waals surface area contributed by atoms with Gasteiger partial charge in [-0.3, -0.25) is 9.59 Å². The molecule has 1 atom stereocenters. The Bertz CT molecular complexity index is 1040. The van der Waals surface area contributed by atoms with Gasteiger partial charge in [-0.2, -0.15) is 13.2 Å². The number of carbonyl (C=O) groups excluding carboxylic acids is 1. The van der Waals surface area contributed by atoms with Crippen molar-refractivity contribution < 1.29 is 18.0 Å². The number of rotatable bonds is 4. The van der Waals surface area contributed by atoms with E-state index >= 15 is 0 Å². The third-order valence-electron chi connectivity index (χ3n) is 3.84. The third-order valence-corrected chi connectivity index (χ3v) is 4.09. The molecule has 144 valence electrons. The Morgan fingerprint density at radius 2 is 1.82 bits per heavy atom. The van der Waals surface area contributed by atoms with Gasteiger partial charge in [0.2, 0.25) is 0 Å². The predicted molar refractivity (Wildman–Crippen MR) is 94.9 cm³/mol. The van der Waals surface area contributed by atoms with Crippen molar-refractivity contribution in [3.8, 4) is 0 Å². The van der Waals surface area contributed by atoms with Crippen molar-refractivity contribution in [2.75, 3.05) is 0 Å². The molecule has 2 N–H and O–H groups in total. The van der Waals surface area contributed by atoms with E-state index in [0.29, 0.717) is 22.3 Å². The minimum Gasteiger partial charge on any atom is -0.339 e. The maximum Gasteiger partial charge on any atom is 0.431 e. The zero-order valence-corrected chi connectivity index (χ0v) is 14.8. The smallest absolute Gasteiger partial charge is 0.339 e. The van der Waals surface area contributed by atoms with E-state index < -0.39 is 34.9 Å². The molecule has 0 aliphatic rings. The molecule has 28 heavy (non-hydrogen) atoms. The number of nitrogens with zero attached hydrogens (tertiary/aromatic N) is 2. The second-order valence-corrected chi connectivity index (χ2v) is 6.14. The zero-order chi connectivity index (χ0) is 20.3. The molecule has 0 aliphatic carbocycles. The van der Waals surface area contributed by atoms with Crippen molar-refractivity contribution in [1.29, 1.82) is 0 Å². The summed E-state index contributed by atoms with van der Waals surface area (Å²) in [5, 5.41) is 3.09. The van der Waals surface area contributed by atoms with E-state index in [1.807, 2.05) is 0 Å². The molecule has 1 amide bonds. The first kappa shape index (κ1) is 19.6. The monoisotopic (exact) mass is 408 g/mol. The number of halogens is 4.